The number of benzene rings is 1. The molecule has 0 saturated heterocycles. The minimum absolute atomic E-state index is 0.0653. The first kappa shape index (κ1) is 25.7. The molecule has 38 heavy (non-hydrogen) atoms. The maximum atomic E-state index is 14.3. The lowest BCUT2D eigenvalue weighted by Crippen LogP contribution is -2.29. The van der Waals surface area contributed by atoms with Crippen molar-refractivity contribution in [1.29, 1.82) is 0 Å². The first-order valence-electron chi connectivity index (χ1n) is 12.1. The molecular formula is C27H23F5N4O2. The molecule has 3 aromatic heterocycles. The molecule has 0 N–H and O–H groups in total. The van der Waals surface area contributed by atoms with Gasteiger partial charge in [0.15, 0.2) is 11.4 Å². The van der Waals surface area contributed by atoms with Crippen molar-refractivity contribution in [2.24, 2.45) is 0 Å². The fourth-order valence-corrected chi connectivity index (χ4v) is 5.18. The van der Waals surface area contributed by atoms with E-state index in [1.165, 1.54) is 41.2 Å². The second-order valence-electron chi connectivity index (χ2n) is 9.39. The molecule has 0 radical (unpaired) electrons. The number of aromatic nitrogens is 4. The van der Waals surface area contributed by atoms with Crippen LogP contribution in [0.1, 0.15) is 60.0 Å². The van der Waals surface area contributed by atoms with Gasteiger partial charge in [-0.05, 0) is 74.8 Å². The van der Waals surface area contributed by atoms with E-state index in [-0.39, 0.29) is 35.3 Å². The summed E-state index contributed by atoms with van der Waals surface area (Å²) in [5, 5.41) is 0. The molecule has 1 fully saturated rings. The zero-order chi connectivity index (χ0) is 27.0. The minimum atomic E-state index is -4.93. The van der Waals surface area contributed by atoms with Gasteiger partial charge in [-0.25, -0.2) is 13.8 Å². The van der Waals surface area contributed by atoms with Crippen LogP contribution in [0.25, 0.3) is 11.2 Å². The van der Waals surface area contributed by atoms with E-state index in [1.807, 2.05) is 0 Å². The van der Waals surface area contributed by atoms with E-state index in [9.17, 15) is 26.7 Å². The second kappa shape index (κ2) is 10.1. The molecule has 4 aromatic rings. The summed E-state index contributed by atoms with van der Waals surface area (Å²) >= 11 is 0. The Labute approximate surface area is 214 Å². The maximum Gasteiger partial charge on any atom is 0.573 e. The van der Waals surface area contributed by atoms with Gasteiger partial charge < -0.3 is 4.74 Å². The molecule has 6 nitrogen and oxygen atoms in total. The number of pyridine rings is 2. The van der Waals surface area contributed by atoms with Gasteiger partial charge in [-0.1, -0.05) is 6.07 Å². The highest BCUT2D eigenvalue weighted by Gasteiger charge is 2.33. The maximum absolute atomic E-state index is 14.3. The minimum Gasteiger partial charge on any atom is -0.404 e. The van der Waals surface area contributed by atoms with Gasteiger partial charge in [-0.3, -0.25) is 19.3 Å². The topological polar surface area (TPSA) is 69.9 Å². The molecule has 0 atom stereocenters. The predicted octanol–water partition coefficient (Wildman–Crippen LogP) is 6.16. The van der Waals surface area contributed by atoms with Crippen molar-refractivity contribution in [1.82, 2.24) is 19.5 Å². The number of alkyl halides is 3. The van der Waals surface area contributed by atoms with Gasteiger partial charge in [0.25, 0.3) is 5.56 Å². The number of fused-ring (bicyclic) bond motifs is 1. The van der Waals surface area contributed by atoms with Crippen molar-refractivity contribution >= 4 is 11.2 Å². The summed E-state index contributed by atoms with van der Waals surface area (Å²) < 4.78 is 72.9. The Balaban J connectivity index is 1.51. The van der Waals surface area contributed by atoms with Crippen molar-refractivity contribution in [3.63, 3.8) is 0 Å². The average Bonchev–Trinajstić information content (AvgIpc) is 2.86. The fourth-order valence-electron chi connectivity index (χ4n) is 5.18. The third-order valence-electron chi connectivity index (χ3n) is 6.90. The number of rotatable bonds is 5. The van der Waals surface area contributed by atoms with Crippen molar-refractivity contribution in [2.45, 2.75) is 57.3 Å². The van der Waals surface area contributed by atoms with Gasteiger partial charge in [-0.2, -0.15) is 0 Å². The van der Waals surface area contributed by atoms with Crippen LogP contribution < -0.4 is 10.3 Å². The van der Waals surface area contributed by atoms with Crippen LogP contribution in [-0.2, 0) is 6.54 Å². The summed E-state index contributed by atoms with van der Waals surface area (Å²) in [5.74, 6) is -2.22. The smallest absolute Gasteiger partial charge is 0.404 e. The quantitative estimate of drug-likeness (QED) is 0.289. The molecule has 198 valence electrons. The van der Waals surface area contributed by atoms with Crippen molar-refractivity contribution < 1.29 is 26.7 Å². The van der Waals surface area contributed by atoms with E-state index in [1.54, 1.807) is 13.0 Å². The van der Waals surface area contributed by atoms with E-state index >= 15 is 0 Å². The third kappa shape index (κ3) is 5.23. The van der Waals surface area contributed by atoms with Crippen LogP contribution in [0.5, 0.6) is 5.75 Å². The van der Waals surface area contributed by atoms with Crippen LogP contribution in [0.15, 0.2) is 53.6 Å². The van der Waals surface area contributed by atoms with E-state index in [0.717, 1.165) is 6.07 Å². The Hall–Kier alpha value is -3.89. The highest BCUT2D eigenvalue weighted by Crippen LogP contribution is 2.41. The monoisotopic (exact) mass is 530 g/mol. The lowest BCUT2D eigenvalue weighted by Gasteiger charge is -2.29. The number of halogens is 5. The van der Waals surface area contributed by atoms with E-state index in [4.69, 9.17) is 0 Å². The van der Waals surface area contributed by atoms with Crippen LogP contribution in [-0.4, -0.2) is 25.9 Å². The largest absolute Gasteiger partial charge is 0.573 e. The molecule has 0 unspecified atom stereocenters. The molecule has 3 heterocycles. The number of aryl methyl sites for hydroxylation is 1. The van der Waals surface area contributed by atoms with Crippen LogP contribution >= 0.6 is 0 Å². The summed E-state index contributed by atoms with van der Waals surface area (Å²) in [4.78, 5) is 26.6. The van der Waals surface area contributed by atoms with Gasteiger partial charge in [0.2, 0.25) is 0 Å². The molecule has 1 aliphatic rings. The highest BCUT2D eigenvalue weighted by atomic mass is 19.4. The first-order valence-corrected chi connectivity index (χ1v) is 12.1. The molecule has 5 rings (SSSR count). The highest BCUT2D eigenvalue weighted by molar-refractivity contribution is 5.71. The molecular weight excluding hydrogens is 507 g/mol. The van der Waals surface area contributed by atoms with Crippen molar-refractivity contribution in [2.75, 3.05) is 0 Å². The van der Waals surface area contributed by atoms with E-state index in [2.05, 4.69) is 19.7 Å². The lowest BCUT2D eigenvalue weighted by molar-refractivity contribution is -0.275. The lowest BCUT2D eigenvalue weighted by atomic mass is 9.76. The summed E-state index contributed by atoms with van der Waals surface area (Å²) in [6.45, 7) is 1.38. The number of hydrogen-bond acceptors (Lipinski definition) is 5. The van der Waals surface area contributed by atoms with E-state index in [0.29, 0.717) is 42.5 Å². The van der Waals surface area contributed by atoms with Gasteiger partial charge >= 0.3 is 6.36 Å². The SMILES string of the molecule is Cc1cnc2cc(C3CCC(c4c(F)cccc4F)CC3)c(=O)n(Cc3ncccc3OC(F)(F)F)c2n1. The standard InChI is InChI=1S/C27H23F5N4O2/c1-15-13-34-21-12-18(16-7-9-17(10-8-16)24-19(28)4-2-5-20(24)29)26(37)36(25(21)35-15)14-22-23(6-3-11-33-22)38-27(30,31)32/h2-6,11-13,16-17H,7-10,14H2,1H3. The summed E-state index contributed by atoms with van der Waals surface area (Å²) in [6, 6.07) is 7.90. The molecule has 1 saturated carbocycles. The van der Waals surface area contributed by atoms with Crippen LogP contribution in [0.4, 0.5) is 22.0 Å². The Bertz CT molecular complexity index is 1530. The molecule has 0 aliphatic heterocycles. The Kier molecular flexibility index (Phi) is 6.85. The molecule has 0 spiro atoms. The van der Waals surface area contributed by atoms with E-state index < -0.39 is 29.3 Å². The van der Waals surface area contributed by atoms with Crippen molar-refractivity contribution in [3.05, 3.63) is 93.3 Å². The van der Waals surface area contributed by atoms with Gasteiger partial charge in [0.05, 0.1) is 12.2 Å². The zero-order valence-corrected chi connectivity index (χ0v) is 20.3. The normalized spacial score (nSPS) is 18.1. The molecule has 0 amide bonds. The van der Waals surface area contributed by atoms with Crippen LogP contribution in [0.2, 0.25) is 0 Å². The van der Waals surface area contributed by atoms with Gasteiger partial charge in [-0.15, -0.1) is 13.2 Å². The number of hydrogen-bond donors (Lipinski definition) is 0. The Morgan fingerprint density at radius 1 is 1.00 bits per heavy atom. The number of ether oxygens (including phenoxy) is 1. The van der Waals surface area contributed by atoms with Gasteiger partial charge in [0, 0.05) is 23.5 Å². The molecule has 0 bridgehead atoms. The molecule has 1 aromatic carbocycles. The van der Waals surface area contributed by atoms with Crippen molar-refractivity contribution in [3.8, 4) is 5.75 Å². The summed E-state index contributed by atoms with van der Waals surface area (Å²) in [5.41, 5.74) is 1.12. The first-order chi connectivity index (χ1) is 18.1. The van der Waals surface area contributed by atoms with Crippen LogP contribution in [0, 0.1) is 18.6 Å². The Morgan fingerprint density at radius 3 is 2.37 bits per heavy atom. The predicted molar refractivity (Wildman–Crippen MR) is 129 cm³/mol. The fraction of sp³-hybridized carbons (Fsp3) is 0.333. The number of nitrogens with zero attached hydrogens (tertiary/aromatic N) is 4. The second-order valence-corrected chi connectivity index (χ2v) is 9.39. The summed E-state index contributed by atoms with van der Waals surface area (Å²) in [6.07, 6.45) is -0.116. The third-order valence-corrected chi connectivity index (χ3v) is 6.90. The Morgan fingerprint density at radius 2 is 1.68 bits per heavy atom. The summed E-state index contributed by atoms with van der Waals surface area (Å²) in [7, 11) is 0. The zero-order valence-electron chi connectivity index (χ0n) is 20.3. The molecule has 11 heteroatoms. The van der Waals surface area contributed by atoms with Gasteiger partial charge in [0.1, 0.15) is 22.8 Å². The molecule has 1 aliphatic carbocycles. The van der Waals surface area contributed by atoms with Crippen LogP contribution in [0.3, 0.4) is 0 Å². The average molecular weight is 530 g/mol.